The number of hydrogen-bond acceptors (Lipinski definition) is 5. The quantitative estimate of drug-likeness (QED) is 0.497. The topological polar surface area (TPSA) is 76.7 Å². The molecule has 3 aromatic rings. The van der Waals surface area contributed by atoms with E-state index in [1.54, 1.807) is 42.5 Å². The summed E-state index contributed by atoms with van der Waals surface area (Å²) in [5.41, 5.74) is 5.79. The summed E-state index contributed by atoms with van der Waals surface area (Å²) in [5, 5.41) is 1.84. The summed E-state index contributed by atoms with van der Waals surface area (Å²) in [6.07, 6.45) is 0.731. The number of amides is 2. The molecule has 1 atom stereocenters. The van der Waals surface area contributed by atoms with Crippen molar-refractivity contribution in [1.82, 2.24) is 10.9 Å². The van der Waals surface area contributed by atoms with E-state index in [0.717, 1.165) is 0 Å². The average Bonchev–Trinajstić information content (AvgIpc) is 3.31. The number of hydrazine groups is 1. The zero-order chi connectivity index (χ0) is 20.9. The largest absolute Gasteiger partial charge is 0.485 e. The predicted octanol–water partition coefficient (Wildman–Crippen LogP) is 3.42. The summed E-state index contributed by atoms with van der Waals surface area (Å²) in [5.74, 6) is -0.381. The Labute approximate surface area is 175 Å². The second-order valence-corrected chi connectivity index (χ2v) is 7.34. The molecular weight excluding hydrogens is 407 g/mol. The van der Waals surface area contributed by atoms with E-state index in [0.29, 0.717) is 27.5 Å². The number of rotatable bonds is 4. The first kappa shape index (κ1) is 19.7. The molecule has 8 heteroatoms. The van der Waals surface area contributed by atoms with Gasteiger partial charge < -0.3 is 9.47 Å². The number of para-hydroxylation sites is 2. The van der Waals surface area contributed by atoms with Crippen molar-refractivity contribution in [2.75, 3.05) is 6.61 Å². The van der Waals surface area contributed by atoms with Crippen molar-refractivity contribution >= 4 is 34.8 Å². The van der Waals surface area contributed by atoms with Gasteiger partial charge in [-0.25, -0.2) is 4.39 Å². The van der Waals surface area contributed by atoms with Gasteiger partial charge >= 0.3 is 0 Å². The Morgan fingerprint density at radius 2 is 1.77 bits per heavy atom. The number of nitrogens with one attached hydrogen (secondary N) is 2. The van der Waals surface area contributed by atoms with Crippen LogP contribution in [0.2, 0.25) is 0 Å². The molecule has 0 saturated heterocycles. The summed E-state index contributed by atoms with van der Waals surface area (Å²) in [6.45, 7) is 0.0297. The summed E-state index contributed by atoms with van der Waals surface area (Å²) in [7, 11) is 0. The van der Waals surface area contributed by atoms with Crippen LogP contribution in [0.25, 0.3) is 11.6 Å². The Morgan fingerprint density at radius 1 is 1.00 bits per heavy atom. The van der Waals surface area contributed by atoms with E-state index in [1.165, 1.54) is 23.5 Å². The maximum atomic E-state index is 13.2. The predicted molar refractivity (Wildman–Crippen MR) is 111 cm³/mol. The fourth-order valence-corrected chi connectivity index (χ4v) is 3.56. The average molecular weight is 424 g/mol. The summed E-state index contributed by atoms with van der Waals surface area (Å²) >= 11 is 1.38. The molecule has 1 aliphatic heterocycles. The lowest BCUT2D eigenvalue weighted by molar-refractivity contribution is -0.133. The Kier molecular flexibility index (Phi) is 5.76. The van der Waals surface area contributed by atoms with Gasteiger partial charge in [0, 0.05) is 4.88 Å². The highest BCUT2D eigenvalue weighted by Gasteiger charge is 2.27. The third-order valence-corrected chi connectivity index (χ3v) is 5.22. The van der Waals surface area contributed by atoms with Crippen LogP contribution in [0.4, 0.5) is 4.39 Å². The molecule has 2 aromatic carbocycles. The molecule has 0 spiro atoms. The van der Waals surface area contributed by atoms with E-state index in [2.05, 4.69) is 10.9 Å². The third kappa shape index (κ3) is 4.49. The van der Waals surface area contributed by atoms with Crippen molar-refractivity contribution in [3.63, 3.8) is 0 Å². The first-order valence-corrected chi connectivity index (χ1v) is 9.98. The molecule has 4 rings (SSSR count). The number of fused-ring (bicyclic) bond motifs is 1. The molecule has 0 aliphatic carbocycles. The summed E-state index contributed by atoms with van der Waals surface area (Å²) < 4.78 is 24.3. The molecule has 2 amide bonds. The van der Waals surface area contributed by atoms with Gasteiger partial charge in [-0.05, 0) is 47.4 Å². The number of carbonyl (C=O) groups is 2. The number of halogens is 1. The van der Waals surface area contributed by atoms with E-state index in [1.807, 2.05) is 17.5 Å². The van der Waals surface area contributed by atoms with Gasteiger partial charge in [-0.15, -0.1) is 11.3 Å². The zero-order valence-electron chi connectivity index (χ0n) is 15.6. The van der Waals surface area contributed by atoms with E-state index < -0.39 is 17.9 Å². The van der Waals surface area contributed by atoms with Crippen LogP contribution >= 0.6 is 11.3 Å². The Balaban J connectivity index is 1.44. The standard InChI is InChI=1S/C22H17FN2O4S/c23-15-9-7-14(8-10-15)12-16(20-6-3-11-30-20)21(26)24-25-22(27)19-13-28-17-4-1-2-5-18(17)29-19/h1-12,19H,13H2,(H,24,26)(H,25,27)/b16-12+. The maximum Gasteiger partial charge on any atom is 0.283 e. The van der Waals surface area contributed by atoms with Crippen molar-refractivity contribution in [1.29, 1.82) is 0 Å². The monoisotopic (exact) mass is 424 g/mol. The van der Waals surface area contributed by atoms with Crippen LogP contribution in [-0.2, 0) is 9.59 Å². The second kappa shape index (κ2) is 8.79. The van der Waals surface area contributed by atoms with Crippen LogP contribution in [0.3, 0.4) is 0 Å². The maximum absolute atomic E-state index is 13.2. The molecular formula is C22H17FN2O4S. The highest BCUT2D eigenvalue weighted by molar-refractivity contribution is 7.11. The molecule has 6 nitrogen and oxygen atoms in total. The minimum atomic E-state index is -0.897. The lowest BCUT2D eigenvalue weighted by atomic mass is 10.1. The number of ether oxygens (including phenoxy) is 2. The van der Waals surface area contributed by atoms with Crippen LogP contribution in [0.5, 0.6) is 11.5 Å². The summed E-state index contributed by atoms with van der Waals surface area (Å²) in [6, 6.07) is 16.4. The first-order chi connectivity index (χ1) is 14.6. The van der Waals surface area contributed by atoms with Crippen molar-refractivity contribution in [3.8, 4) is 11.5 Å². The number of thiophene rings is 1. The fraction of sp³-hybridized carbons (Fsp3) is 0.0909. The van der Waals surface area contributed by atoms with Gasteiger partial charge in [0.15, 0.2) is 11.5 Å². The van der Waals surface area contributed by atoms with Crippen molar-refractivity contribution < 1.29 is 23.5 Å². The lowest BCUT2D eigenvalue weighted by Crippen LogP contribution is -2.51. The van der Waals surface area contributed by atoms with Gasteiger partial charge in [0.2, 0.25) is 6.10 Å². The van der Waals surface area contributed by atoms with Gasteiger partial charge in [-0.3, -0.25) is 20.4 Å². The van der Waals surface area contributed by atoms with Crippen LogP contribution < -0.4 is 20.3 Å². The normalized spacial score (nSPS) is 15.4. The van der Waals surface area contributed by atoms with Crippen LogP contribution in [0, 0.1) is 5.82 Å². The minimum Gasteiger partial charge on any atom is -0.485 e. The molecule has 0 bridgehead atoms. The summed E-state index contributed by atoms with van der Waals surface area (Å²) in [4.78, 5) is 25.9. The Morgan fingerprint density at radius 3 is 2.50 bits per heavy atom. The number of benzene rings is 2. The SMILES string of the molecule is O=C(NNC(=O)C1COc2ccccc2O1)/C(=C/c1ccc(F)cc1)c1cccs1. The molecule has 0 radical (unpaired) electrons. The van der Waals surface area contributed by atoms with E-state index >= 15 is 0 Å². The molecule has 1 aliphatic rings. The van der Waals surface area contributed by atoms with Gasteiger partial charge in [0.1, 0.15) is 12.4 Å². The van der Waals surface area contributed by atoms with Crippen molar-refractivity contribution in [3.05, 3.63) is 82.3 Å². The molecule has 1 unspecified atom stereocenters. The first-order valence-electron chi connectivity index (χ1n) is 9.10. The molecule has 2 heterocycles. The van der Waals surface area contributed by atoms with Crippen LogP contribution in [-0.4, -0.2) is 24.5 Å². The Hall–Kier alpha value is -3.65. The van der Waals surface area contributed by atoms with Crippen molar-refractivity contribution in [2.45, 2.75) is 6.10 Å². The molecule has 0 fully saturated rings. The minimum absolute atomic E-state index is 0.0297. The van der Waals surface area contributed by atoms with Crippen molar-refractivity contribution in [2.24, 2.45) is 0 Å². The number of hydrogen-bond donors (Lipinski definition) is 2. The van der Waals surface area contributed by atoms with Crippen LogP contribution in [0.15, 0.2) is 66.0 Å². The van der Waals surface area contributed by atoms with E-state index in [-0.39, 0.29) is 12.4 Å². The van der Waals surface area contributed by atoms with Gasteiger partial charge in [0.25, 0.3) is 11.8 Å². The fourth-order valence-electron chi connectivity index (χ4n) is 2.82. The Bertz CT molecular complexity index is 1080. The van der Waals surface area contributed by atoms with E-state index in [4.69, 9.17) is 9.47 Å². The van der Waals surface area contributed by atoms with E-state index in [9.17, 15) is 14.0 Å². The van der Waals surface area contributed by atoms with Crippen LogP contribution in [0.1, 0.15) is 10.4 Å². The lowest BCUT2D eigenvalue weighted by Gasteiger charge is -2.25. The molecule has 152 valence electrons. The van der Waals surface area contributed by atoms with Gasteiger partial charge in [0.05, 0.1) is 5.57 Å². The smallest absolute Gasteiger partial charge is 0.283 e. The molecule has 0 saturated carbocycles. The highest BCUT2D eigenvalue weighted by atomic mass is 32.1. The van der Waals surface area contributed by atoms with Gasteiger partial charge in [-0.2, -0.15) is 0 Å². The molecule has 1 aromatic heterocycles. The van der Waals surface area contributed by atoms with Gasteiger partial charge in [-0.1, -0.05) is 30.3 Å². The zero-order valence-corrected chi connectivity index (χ0v) is 16.4. The number of carbonyl (C=O) groups excluding carboxylic acids is 2. The molecule has 2 N–H and O–H groups in total. The third-order valence-electron chi connectivity index (χ3n) is 4.31. The highest BCUT2D eigenvalue weighted by Crippen LogP contribution is 2.30. The molecule has 30 heavy (non-hydrogen) atoms. The second-order valence-electron chi connectivity index (χ2n) is 6.39.